The van der Waals surface area contributed by atoms with Gasteiger partial charge in [0, 0.05) is 12.6 Å². The van der Waals surface area contributed by atoms with Crippen molar-refractivity contribution in [2.75, 3.05) is 10.8 Å². The predicted octanol–water partition coefficient (Wildman–Crippen LogP) is 4.75. The maximum Gasteiger partial charge on any atom is 0.264 e. The molecule has 0 saturated carbocycles. The van der Waals surface area contributed by atoms with Gasteiger partial charge in [0.25, 0.3) is 10.0 Å². The molecule has 2 amide bonds. The molecule has 202 valence electrons. The van der Waals surface area contributed by atoms with Gasteiger partial charge in [-0.2, -0.15) is 0 Å². The van der Waals surface area contributed by atoms with Crippen molar-refractivity contribution in [3.05, 3.63) is 95.1 Å². The Morgan fingerprint density at radius 2 is 1.47 bits per heavy atom. The van der Waals surface area contributed by atoms with Crippen molar-refractivity contribution in [1.82, 2.24) is 10.2 Å². The Bertz CT molecular complexity index is 1370. The zero-order chi connectivity index (χ0) is 28.0. The van der Waals surface area contributed by atoms with Gasteiger partial charge in [0.1, 0.15) is 12.6 Å². The summed E-state index contributed by atoms with van der Waals surface area (Å²) in [5, 5.41) is 2.86. The molecule has 0 aliphatic heterocycles. The van der Waals surface area contributed by atoms with Gasteiger partial charge in [-0.1, -0.05) is 54.1 Å². The molecular formula is C30H37N3O4S. The summed E-state index contributed by atoms with van der Waals surface area (Å²) < 4.78 is 28.9. The molecular weight excluding hydrogens is 498 g/mol. The normalized spacial score (nSPS) is 12.2. The Kier molecular flexibility index (Phi) is 9.33. The van der Waals surface area contributed by atoms with E-state index in [1.54, 1.807) is 43.3 Å². The molecule has 3 rings (SSSR count). The van der Waals surface area contributed by atoms with Crippen molar-refractivity contribution in [2.45, 2.75) is 65.1 Å². The SMILES string of the molecule is Cc1ccc(S(=O)(=O)N(CC(=O)N(Cc2ccccc2)C(C)C(=O)NC(C)C)c2ccc(C)c(C)c2)cc1. The summed E-state index contributed by atoms with van der Waals surface area (Å²) in [6, 6.07) is 20.3. The lowest BCUT2D eigenvalue weighted by atomic mass is 10.1. The summed E-state index contributed by atoms with van der Waals surface area (Å²) in [4.78, 5) is 28.4. The van der Waals surface area contributed by atoms with E-state index in [0.717, 1.165) is 26.6 Å². The van der Waals surface area contributed by atoms with Gasteiger partial charge < -0.3 is 10.2 Å². The zero-order valence-corrected chi connectivity index (χ0v) is 23.7. The van der Waals surface area contributed by atoms with Crippen LogP contribution in [-0.2, 0) is 26.2 Å². The Morgan fingerprint density at radius 1 is 0.842 bits per heavy atom. The third-order valence-corrected chi connectivity index (χ3v) is 8.25. The third-order valence-electron chi connectivity index (χ3n) is 6.46. The lowest BCUT2D eigenvalue weighted by molar-refractivity contribution is -0.139. The first-order valence-corrected chi connectivity index (χ1v) is 14.1. The van der Waals surface area contributed by atoms with E-state index in [0.29, 0.717) is 5.69 Å². The summed E-state index contributed by atoms with van der Waals surface area (Å²) in [5.74, 6) is -0.780. The van der Waals surface area contributed by atoms with E-state index < -0.39 is 28.5 Å². The lowest BCUT2D eigenvalue weighted by Crippen LogP contribution is -2.52. The fraction of sp³-hybridized carbons (Fsp3) is 0.333. The number of aryl methyl sites for hydroxylation is 3. The van der Waals surface area contributed by atoms with Gasteiger partial charge in [-0.15, -0.1) is 0 Å². The number of sulfonamides is 1. The van der Waals surface area contributed by atoms with Crippen molar-refractivity contribution in [2.24, 2.45) is 0 Å². The van der Waals surface area contributed by atoms with Crippen molar-refractivity contribution in [3.63, 3.8) is 0 Å². The highest BCUT2D eigenvalue weighted by Crippen LogP contribution is 2.27. The minimum atomic E-state index is -4.08. The fourth-order valence-electron chi connectivity index (χ4n) is 4.01. The second-order valence-electron chi connectivity index (χ2n) is 9.94. The number of rotatable bonds is 10. The second-order valence-corrected chi connectivity index (χ2v) is 11.8. The van der Waals surface area contributed by atoms with Crippen LogP contribution >= 0.6 is 0 Å². The molecule has 8 heteroatoms. The monoisotopic (exact) mass is 535 g/mol. The fourth-order valence-corrected chi connectivity index (χ4v) is 5.42. The molecule has 3 aromatic rings. The van der Waals surface area contributed by atoms with Crippen LogP contribution in [0.5, 0.6) is 0 Å². The summed E-state index contributed by atoms with van der Waals surface area (Å²) in [5.41, 5.74) is 4.07. The Morgan fingerprint density at radius 3 is 2.05 bits per heavy atom. The molecule has 0 heterocycles. The van der Waals surface area contributed by atoms with Crippen molar-refractivity contribution in [3.8, 4) is 0 Å². The molecule has 0 radical (unpaired) electrons. The largest absolute Gasteiger partial charge is 0.352 e. The van der Waals surface area contributed by atoms with Crippen molar-refractivity contribution >= 4 is 27.5 Å². The van der Waals surface area contributed by atoms with Crippen LogP contribution in [0.4, 0.5) is 5.69 Å². The van der Waals surface area contributed by atoms with Crippen molar-refractivity contribution in [1.29, 1.82) is 0 Å². The van der Waals surface area contributed by atoms with E-state index >= 15 is 0 Å². The Labute approximate surface area is 226 Å². The van der Waals surface area contributed by atoms with Gasteiger partial charge in [0.05, 0.1) is 10.6 Å². The molecule has 0 spiro atoms. The maximum atomic E-state index is 13.9. The average molecular weight is 536 g/mol. The topological polar surface area (TPSA) is 86.8 Å². The predicted molar refractivity (Wildman–Crippen MR) is 151 cm³/mol. The van der Waals surface area contributed by atoms with E-state index in [1.165, 1.54) is 4.90 Å². The lowest BCUT2D eigenvalue weighted by Gasteiger charge is -2.32. The van der Waals surface area contributed by atoms with Crippen LogP contribution in [0.2, 0.25) is 0 Å². The van der Waals surface area contributed by atoms with Gasteiger partial charge in [-0.05, 0) is 82.5 Å². The van der Waals surface area contributed by atoms with Crippen LogP contribution in [0, 0.1) is 20.8 Å². The van der Waals surface area contributed by atoms with Crippen LogP contribution in [0.15, 0.2) is 77.7 Å². The molecule has 0 bridgehead atoms. The van der Waals surface area contributed by atoms with E-state index in [9.17, 15) is 18.0 Å². The number of carbonyl (C=O) groups excluding carboxylic acids is 2. The van der Waals surface area contributed by atoms with E-state index in [1.807, 2.05) is 71.0 Å². The van der Waals surface area contributed by atoms with Gasteiger partial charge in [0.2, 0.25) is 11.8 Å². The highest BCUT2D eigenvalue weighted by atomic mass is 32.2. The molecule has 1 unspecified atom stereocenters. The molecule has 0 fully saturated rings. The molecule has 0 aromatic heterocycles. The number of amides is 2. The molecule has 3 aromatic carbocycles. The third kappa shape index (κ3) is 7.01. The Hall–Kier alpha value is -3.65. The maximum absolute atomic E-state index is 13.9. The van der Waals surface area contributed by atoms with Crippen LogP contribution in [0.1, 0.15) is 43.0 Å². The van der Waals surface area contributed by atoms with Gasteiger partial charge in [-0.25, -0.2) is 8.42 Å². The Balaban J connectivity index is 2.04. The number of hydrogen-bond acceptors (Lipinski definition) is 4. The number of nitrogens with one attached hydrogen (secondary N) is 1. The summed E-state index contributed by atoms with van der Waals surface area (Å²) in [7, 11) is -4.08. The molecule has 1 N–H and O–H groups in total. The zero-order valence-electron chi connectivity index (χ0n) is 22.9. The molecule has 0 aliphatic rings. The quantitative estimate of drug-likeness (QED) is 0.406. The summed E-state index contributed by atoms with van der Waals surface area (Å²) in [6.07, 6.45) is 0. The van der Waals surface area contributed by atoms with Gasteiger partial charge >= 0.3 is 0 Å². The van der Waals surface area contributed by atoms with Crippen LogP contribution in [0.25, 0.3) is 0 Å². The number of nitrogens with zero attached hydrogens (tertiary/aromatic N) is 2. The van der Waals surface area contributed by atoms with E-state index in [-0.39, 0.29) is 23.4 Å². The van der Waals surface area contributed by atoms with E-state index in [2.05, 4.69) is 5.32 Å². The first kappa shape index (κ1) is 28.9. The standard InChI is InChI=1S/C30H37N3O4S/c1-21(2)31-30(35)25(6)32(19-26-10-8-7-9-11-26)29(34)20-33(27-15-14-23(4)24(5)18-27)38(36,37)28-16-12-22(3)13-17-28/h7-18,21,25H,19-20H2,1-6H3,(H,31,35). The van der Waals surface area contributed by atoms with Crippen molar-refractivity contribution < 1.29 is 18.0 Å². The number of carbonyl (C=O) groups is 2. The second kappa shape index (κ2) is 12.3. The number of hydrogen-bond donors (Lipinski definition) is 1. The summed E-state index contributed by atoms with van der Waals surface area (Å²) >= 11 is 0. The number of anilines is 1. The minimum absolute atomic E-state index is 0.0920. The highest BCUT2D eigenvalue weighted by Gasteiger charge is 2.32. The molecule has 7 nitrogen and oxygen atoms in total. The average Bonchev–Trinajstić information content (AvgIpc) is 2.87. The van der Waals surface area contributed by atoms with Crippen LogP contribution in [0.3, 0.4) is 0 Å². The molecule has 38 heavy (non-hydrogen) atoms. The summed E-state index contributed by atoms with van der Waals surface area (Å²) in [6.45, 7) is 10.8. The molecule has 1 atom stereocenters. The van der Waals surface area contributed by atoms with Crippen LogP contribution in [-0.4, -0.2) is 43.8 Å². The van der Waals surface area contributed by atoms with Gasteiger partial charge in [0.15, 0.2) is 0 Å². The minimum Gasteiger partial charge on any atom is -0.352 e. The van der Waals surface area contributed by atoms with Crippen LogP contribution < -0.4 is 9.62 Å². The first-order chi connectivity index (χ1) is 17.9. The van der Waals surface area contributed by atoms with E-state index in [4.69, 9.17) is 0 Å². The molecule has 0 aliphatic carbocycles. The highest BCUT2D eigenvalue weighted by molar-refractivity contribution is 7.92. The first-order valence-electron chi connectivity index (χ1n) is 12.7. The van der Waals surface area contributed by atoms with Gasteiger partial charge in [-0.3, -0.25) is 13.9 Å². The smallest absolute Gasteiger partial charge is 0.264 e. The number of benzene rings is 3. The molecule has 0 saturated heterocycles.